The van der Waals surface area contributed by atoms with Gasteiger partial charge in [0, 0.05) is 6.61 Å². The number of halogens is 2. The zero-order valence-electron chi connectivity index (χ0n) is 7.87. The first-order valence-electron chi connectivity index (χ1n) is 4.24. The van der Waals surface area contributed by atoms with Crippen molar-refractivity contribution >= 4 is 39.7 Å². The van der Waals surface area contributed by atoms with Crippen LogP contribution in [-0.4, -0.2) is 61.0 Å². The Kier molecular flexibility index (Phi) is 9.55. The van der Waals surface area contributed by atoms with Gasteiger partial charge < -0.3 is 4.74 Å². The van der Waals surface area contributed by atoms with E-state index in [1.807, 2.05) is 6.92 Å². The Labute approximate surface area is 110 Å². The molecule has 0 radical (unpaired) electrons. The van der Waals surface area contributed by atoms with Gasteiger partial charge in [-0.05, 0) is 6.42 Å². The predicted octanol–water partition coefficient (Wildman–Crippen LogP) is 1.03. The number of unbranched alkanes of at least 4 members (excludes halogenated alkanes) is 2. The molecule has 0 saturated heterocycles. The van der Waals surface area contributed by atoms with Crippen LogP contribution in [0.2, 0.25) is 0 Å². The van der Waals surface area contributed by atoms with E-state index in [1.165, 1.54) is 0 Å². The van der Waals surface area contributed by atoms with Crippen LogP contribution in [0.15, 0.2) is 0 Å². The van der Waals surface area contributed by atoms with Crippen molar-refractivity contribution in [1.82, 2.24) is 0 Å². The first kappa shape index (κ1) is 18.1. The monoisotopic (exact) mass is 256 g/mol. The van der Waals surface area contributed by atoms with E-state index in [2.05, 4.69) is 4.74 Å². The van der Waals surface area contributed by atoms with Crippen LogP contribution >= 0.6 is 0 Å². The molecule has 0 aliphatic carbocycles. The molecule has 0 aliphatic rings. The summed E-state index contributed by atoms with van der Waals surface area (Å²) >= 11 is 0. The second-order valence-electron chi connectivity index (χ2n) is 2.87. The van der Waals surface area contributed by atoms with Crippen LogP contribution in [0.4, 0.5) is 8.78 Å². The first-order valence-corrected chi connectivity index (χ1v) is 5.68. The molecule has 88 valence electrons. The molecule has 0 aromatic heterocycles. The van der Waals surface area contributed by atoms with E-state index in [-0.39, 0.29) is 36.2 Å². The van der Waals surface area contributed by atoms with E-state index >= 15 is 0 Å². The summed E-state index contributed by atoms with van der Waals surface area (Å²) < 4.78 is 57.7. The van der Waals surface area contributed by atoms with Gasteiger partial charge in [-0.3, -0.25) is 4.55 Å². The van der Waals surface area contributed by atoms with Gasteiger partial charge in [-0.2, -0.15) is 17.2 Å². The molecule has 0 heterocycles. The summed E-state index contributed by atoms with van der Waals surface area (Å²) in [7, 11) is -5.35. The van der Waals surface area contributed by atoms with Crippen LogP contribution in [0.3, 0.4) is 0 Å². The molecule has 0 unspecified atom stereocenters. The van der Waals surface area contributed by atoms with Crippen LogP contribution in [0.25, 0.3) is 0 Å². The Morgan fingerprint density at radius 3 is 2.27 bits per heavy atom. The number of rotatable bonds is 7. The van der Waals surface area contributed by atoms with Gasteiger partial charge in [0.25, 0.3) is 0 Å². The zero-order valence-corrected chi connectivity index (χ0v) is 8.69. The predicted molar refractivity (Wildman–Crippen MR) is 54.0 cm³/mol. The van der Waals surface area contributed by atoms with Gasteiger partial charge in [0.1, 0.15) is 6.61 Å². The van der Waals surface area contributed by atoms with Gasteiger partial charge in [0.2, 0.25) is 0 Å². The summed E-state index contributed by atoms with van der Waals surface area (Å²) in [5.74, 6) is 0. The van der Waals surface area contributed by atoms with Crippen LogP contribution in [0.5, 0.6) is 0 Å². The summed E-state index contributed by atoms with van der Waals surface area (Å²) in [6.45, 7) is 0.710. The molecular weight excluding hydrogens is 241 g/mol. The van der Waals surface area contributed by atoms with Crippen LogP contribution in [0, 0.1) is 0 Å². The summed E-state index contributed by atoms with van der Waals surface area (Å²) in [5, 5.41) is -4.21. The maximum atomic E-state index is 12.5. The van der Waals surface area contributed by atoms with Crippen molar-refractivity contribution < 1.29 is 26.5 Å². The fourth-order valence-electron chi connectivity index (χ4n) is 0.720. The molecule has 8 heteroatoms. The molecule has 1 N–H and O–H groups in total. The molecule has 0 aromatic rings. The molecule has 0 fully saturated rings. The molecule has 0 amide bonds. The minimum atomic E-state index is -5.35. The minimum absolute atomic E-state index is 0. The van der Waals surface area contributed by atoms with Gasteiger partial charge in [0.15, 0.2) is 0 Å². The van der Waals surface area contributed by atoms with Gasteiger partial charge in [-0.15, -0.1) is 0 Å². The molecule has 15 heavy (non-hydrogen) atoms. The SMILES string of the molecule is CCCCCOCC(F)(F)S(=O)(=O)O.[NaH]. The van der Waals surface area contributed by atoms with Crippen molar-refractivity contribution in [2.45, 2.75) is 31.4 Å². The quantitative estimate of drug-likeness (QED) is 0.420. The molecule has 0 aliphatic heterocycles. The van der Waals surface area contributed by atoms with Crippen molar-refractivity contribution in [3.8, 4) is 0 Å². The third-order valence-corrected chi connectivity index (χ3v) is 2.41. The number of hydrogen-bond acceptors (Lipinski definition) is 3. The molecule has 0 atom stereocenters. The average molecular weight is 256 g/mol. The number of ether oxygens (including phenoxy) is 1. The Morgan fingerprint density at radius 1 is 1.33 bits per heavy atom. The van der Waals surface area contributed by atoms with Gasteiger partial charge >= 0.3 is 44.9 Å². The third kappa shape index (κ3) is 7.59. The normalized spacial score (nSPS) is 12.3. The first-order chi connectivity index (χ1) is 6.31. The van der Waals surface area contributed by atoms with E-state index < -0.39 is 22.0 Å². The molecule has 0 spiro atoms. The maximum absolute atomic E-state index is 12.5. The Hall–Kier alpha value is 0.730. The summed E-state index contributed by atoms with van der Waals surface area (Å²) in [6.07, 6.45) is 2.34. The second kappa shape index (κ2) is 7.92. The number of hydrogen-bond donors (Lipinski definition) is 1. The van der Waals surface area contributed by atoms with E-state index in [1.54, 1.807) is 0 Å². The van der Waals surface area contributed by atoms with E-state index in [9.17, 15) is 17.2 Å². The summed E-state index contributed by atoms with van der Waals surface area (Å²) in [4.78, 5) is 0. The standard InChI is InChI=1S/C7H14F2O4S.Na.H/c1-2-3-4-5-13-6-7(8,9)14(10,11)12;;/h2-6H2,1H3,(H,10,11,12);;. The fraction of sp³-hybridized carbons (Fsp3) is 1.00. The molecule has 0 saturated carbocycles. The van der Waals surface area contributed by atoms with Crippen molar-refractivity contribution in [3.63, 3.8) is 0 Å². The van der Waals surface area contributed by atoms with Gasteiger partial charge in [0.05, 0.1) is 0 Å². The van der Waals surface area contributed by atoms with Gasteiger partial charge in [-0.1, -0.05) is 19.8 Å². The molecule has 0 aromatic carbocycles. The van der Waals surface area contributed by atoms with Crippen molar-refractivity contribution in [1.29, 1.82) is 0 Å². The van der Waals surface area contributed by atoms with Crippen LogP contribution in [-0.2, 0) is 14.9 Å². The topological polar surface area (TPSA) is 63.6 Å². The summed E-state index contributed by atoms with van der Waals surface area (Å²) in [5.41, 5.74) is 0. The second-order valence-corrected chi connectivity index (χ2v) is 4.42. The number of alkyl halides is 2. The Morgan fingerprint density at radius 2 is 1.87 bits per heavy atom. The van der Waals surface area contributed by atoms with Crippen molar-refractivity contribution in [2.75, 3.05) is 13.2 Å². The third-order valence-electron chi connectivity index (χ3n) is 1.54. The van der Waals surface area contributed by atoms with Crippen LogP contribution < -0.4 is 0 Å². The van der Waals surface area contributed by atoms with Crippen molar-refractivity contribution in [3.05, 3.63) is 0 Å². The van der Waals surface area contributed by atoms with E-state index in [0.29, 0.717) is 6.42 Å². The molecular formula is C7H15F2NaO4S. The zero-order chi connectivity index (χ0) is 11.2. The fourth-order valence-corrected chi connectivity index (χ4v) is 0.952. The molecule has 0 bridgehead atoms. The average Bonchev–Trinajstić information content (AvgIpc) is 2.02. The Bertz CT molecular complexity index is 256. The van der Waals surface area contributed by atoms with Gasteiger partial charge in [-0.25, -0.2) is 0 Å². The van der Waals surface area contributed by atoms with Crippen LogP contribution in [0.1, 0.15) is 26.2 Å². The summed E-state index contributed by atoms with van der Waals surface area (Å²) in [6, 6.07) is 0. The van der Waals surface area contributed by atoms with E-state index in [0.717, 1.165) is 12.8 Å². The molecule has 0 rings (SSSR count). The Balaban J connectivity index is 0. The molecule has 4 nitrogen and oxygen atoms in total. The van der Waals surface area contributed by atoms with E-state index in [4.69, 9.17) is 4.55 Å². The van der Waals surface area contributed by atoms with Crippen molar-refractivity contribution in [2.24, 2.45) is 0 Å².